The Bertz CT molecular complexity index is 444. The van der Waals surface area contributed by atoms with Crippen LogP contribution in [0, 0.1) is 17.0 Å². The first-order valence-corrected chi connectivity index (χ1v) is 5.49. The summed E-state index contributed by atoms with van der Waals surface area (Å²) in [5.41, 5.74) is 0.733. The monoisotopic (exact) mass is 253 g/mol. The Morgan fingerprint density at radius 2 is 2.17 bits per heavy atom. The van der Waals surface area contributed by atoms with Gasteiger partial charge in [0.25, 0.3) is 0 Å². The average molecular weight is 253 g/mol. The number of benzene rings is 1. The van der Waals surface area contributed by atoms with Crippen molar-refractivity contribution in [3.8, 4) is 5.75 Å². The molecule has 18 heavy (non-hydrogen) atoms. The summed E-state index contributed by atoms with van der Waals surface area (Å²) in [6.45, 7) is 2.01. The number of carbonyl (C=O) groups excluding carboxylic acids is 1. The zero-order chi connectivity index (χ0) is 13.5. The highest BCUT2D eigenvalue weighted by atomic mass is 16.6. The van der Waals surface area contributed by atoms with Crippen LogP contribution in [0.15, 0.2) is 18.2 Å². The van der Waals surface area contributed by atoms with E-state index in [2.05, 4.69) is 4.74 Å². The number of ether oxygens (including phenoxy) is 2. The molecule has 0 radical (unpaired) electrons. The van der Waals surface area contributed by atoms with Gasteiger partial charge in [-0.15, -0.1) is 0 Å². The summed E-state index contributed by atoms with van der Waals surface area (Å²) >= 11 is 0. The second-order valence-electron chi connectivity index (χ2n) is 3.76. The number of aryl methyl sites for hydroxylation is 1. The van der Waals surface area contributed by atoms with Crippen LogP contribution in [0.3, 0.4) is 0 Å². The van der Waals surface area contributed by atoms with E-state index in [1.54, 1.807) is 19.1 Å². The van der Waals surface area contributed by atoms with Gasteiger partial charge in [-0.2, -0.15) is 0 Å². The first-order valence-electron chi connectivity index (χ1n) is 5.49. The molecule has 6 nitrogen and oxygen atoms in total. The van der Waals surface area contributed by atoms with Crippen LogP contribution in [0.5, 0.6) is 5.75 Å². The van der Waals surface area contributed by atoms with Crippen LogP contribution in [0.4, 0.5) is 5.69 Å². The number of hydrogen-bond donors (Lipinski definition) is 0. The molecule has 0 unspecified atom stereocenters. The van der Waals surface area contributed by atoms with Crippen molar-refractivity contribution in [3.05, 3.63) is 33.9 Å². The van der Waals surface area contributed by atoms with E-state index in [0.717, 1.165) is 5.56 Å². The van der Waals surface area contributed by atoms with Crippen LogP contribution in [0.25, 0.3) is 0 Å². The largest absolute Gasteiger partial charge is 0.487 e. The molecule has 0 spiro atoms. The van der Waals surface area contributed by atoms with Crippen LogP contribution in [0.2, 0.25) is 0 Å². The molecule has 6 heteroatoms. The molecule has 0 aliphatic heterocycles. The SMILES string of the molecule is COC(=O)CCCOc1ccc(C)cc1[N+](=O)[O-]. The van der Waals surface area contributed by atoms with E-state index in [1.807, 2.05) is 0 Å². The maximum absolute atomic E-state index is 10.9. The molecule has 0 heterocycles. The molecule has 0 amide bonds. The van der Waals surface area contributed by atoms with Crippen LogP contribution in [-0.2, 0) is 9.53 Å². The molecule has 1 aromatic rings. The van der Waals surface area contributed by atoms with E-state index in [0.29, 0.717) is 6.42 Å². The first-order chi connectivity index (χ1) is 8.54. The highest BCUT2D eigenvalue weighted by molar-refractivity contribution is 5.69. The van der Waals surface area contributed by atoms with E-state index in [4.69, 9.17) is 4.74 Å². The van der Waals surface area contributed by atoms with Crippen molar-refractivity contribution in [1.82, 2.24) is 0 Å². The maximum Gasteiger partial charge on any atom is 0.311 e. The highest BCUT2D eigenvalue weighted by Gasteiger charge is 2.14. The smallest absolute Gasteiger partial charge is 0.311 e. The van der Waals surface area contributed by atoms with Gasteiger partial charge in [0.15, 0.2) is 5.75 Å². The maximum atomic E-state index is 10.9. The molecule has 0 aliphatic carbocycles. The van der Waals surface area contributed by atoms with E-state index >= 15 is 0 Å². The van der Waals surface area contributed by atoms with E-state index < -0.39 is 4.92 Å². The molecule has 0 saturated heterocycles. The predicted octanol–water partition coefficient (Wildman–Crippen LogP) is 2.24. The summed E-state index contributed by atoms with van der Waals surface area (Å²) in [4.78, 5) is 21.2. The van der Waals surface area contributed by atoms with Gasteiger partial charge in [-0.25, -0.2) is 0 Å². The minimum absolute atomic E-state index is 0.0620. The fraction of sp³-hybridized carbons (Fsp3) is 0.417. The van der Waals surface area contributed by atoms with Crippen LogP contribution in [0.1, 0.15) is 18.4 Å². The zero-order valence-corrected chi connectivity index (χ0v) is 10.3. The second-order valence-corrected chi connectivity index (χ2v) is 3.76. The molecular weight excluding hydrogens is 238 g/mol. The Kier molecular flexibility index (Phi) is 5.10. The van der Waals surface area contributed by atoms with Crippen molar-refractivity contribution in [1.29, 1.82) is 0 Å². The molecule has 0 N–H and O–H groups in total. The van der Waals surface area contributed by atoms with Gasteiger partial charge in [0.05, 0.1) is 18.6 Å². The molecule has 1 rings (SSSR count). The van der Waals surface area contributed by atoms with E-state index in [9.17, 15) is 14.9 Å². The number of rotatable bonds is 6. The molecule has 0 aromatic heterocycles. The number of carbonyl (C=O) groups is 1. The predicted molar refractivity (Wildman–Crippen MR) is 64.6 cm³/mol. The topological polar surface area (TPSA) is 78.7 Å². The van der Waals surface area contributed by atoms with Gasteiger partial charge in [0.1, 0.15) is 0 Å². The molecule has 0 bridgehead atoms. The van der Waals surface area contributed by atoms with Crippen molar-refractivity contribution in [2.75, 3.05) is 13.7 Å². The number of hydrogen-bond acceptors (Lipinski definition) is 5. The first kappa shape index (κ1) is 14.0. The summed E-state index contributed by atoms with van der Waals surface area (Å²) in [7, 11) is 1.31. The minimum Gasteiger partial charge on any atom is -0.487 e. The van der Waals surface area contributed by atoms with Gasteiger partial charge in [0, 0.05) is 12.5 Å². The van der Waals surface area contributed by atoms with Crippen molar-refractivity contribution in [2.24, 2.45) is 0 Å². The molecular formula is C12H15NO5. The van der Waals surface area contributed by atoms with Gasteiger partial charge in [0.2, 0.25) is 0 Å². The highest BCUT2D eigenvalue weighted by Crippen LogP contribution is 2.27. The van der Waals surface area contributed by atoms with Gasteiger partial charge in [-0.1, -0.05) is 6.07 Å². The van der Waals surface area contributed by atoms with Gasteiger partial charge in [-0.3, -0.25) is 14.9 Å². The molecule has 0 aliphatic rings. The lowest BCUT2D eigenvalue weighted by atomic mass is 10.2. The number of nitro benzene ring substituents is 1. The number of methoxy groups -OCH3 is 1. The Hall–Kier alpha value is -2.11. The third kappa shape index (κ3) is 4.04. The number of esters is 1. The van der Waals surface area contributed by atoms with Crippen molar-refractivity contribution in [2.45, 2.75) is 19.8 Å². The number of nitro groups is 1. The van der Waals surface area contributed by atoms with Crippen molar-refractivity contribution < 1.29 is 19.2 Å². The Balaban J connectivity index is 2.56. The Morgan fingerprint density at radius 3 is 2.78 bits per heavy atom. The standard InChI is InChI=1S/C12H15NO5/c1-9-5-6-11(10(8-9)13(15)16)18-7-3-4-12(14)17-2/h5-6,8H,3-4,7H2,1-2H3. The number of nitrogens with zero attached hydrogens (tertiary/aromatic N) is 1. The van der Waals surface area contributed by atoms with E-state index in [-0.39, 0.29) is 30.4 Å². The minimum atomic E-state index is -0.483. The lowest BCUT2D eigenvalue weighted by molar-refractivity contribution is -0.385. The molecule has 0 atom stereocenters. The summed E-state index contributed by atoms with van der Waals surface area (Å²) < 4.78 is 9.78. The van der Waals surface area contributed by atoms with Crippen molar-refractivity contribution >= 4 is 11.7 Å². The summed E-state index contributed by atoms with van der Waals surface area (Å²) in [6.07, 6.45) is 0.688. The van der Waals surface area contributed by atoms with E-state index in [1.165, 1.54) is 13.2 Å². The molecule has 98 valence electrons. The fourth-order valence-corrected chi connectivity index (χ4v) is 1.39. The molecule has 0 saturated carbocycles. The summed E-state index contributed by atoms with van der Waals surface area (Å²) in [5.74, 6) is -0.104. The normalized spacial score (nSPS) is 9.89. The summed E-state index contributed by atoms with van der Waals surface area (Å²) in [5, 5.41) is 10.8. The molecule has 0 fully saturated rings. The third-order valence-electron chi connectivity index (χ3n) is 2.32. The lowest BCUT2D eigenvalue weighted by Gasteiger charge is -2.06. The van der Waals surface area contributed by atoms with Crippen LogP contribution in [-0.4, -0.2) is 24.6 Å². The molecule has 1 aromatic carbocycles. The van der Waals surface area contributed by atoms with Crippen LogP contribution < -0.4 is 4.74 Å². The van der Waals surface area contributed by atoms with Gasteiger partial charge < -0.3 is 9.47 Å². The van der Waals surface area contributed by atoms with Gasteiger partial charge in [-0.05, 0) is 25.0 Å². The fourth-order valence-electron chi connectivity index (χ4n) is 1.39. The average Bonchev–Trinajstić information content (AvgIpc) is 2.35. The van der Waals surface area contributed by atoms with Crippen LogP contribution >= 0.6 is 0 Å². The lowest BCUT2D eigenvalue weighted by Crippen LogP contribution is -2.05. The van der Waals surface area contributed by atoms with Gasteiger partial charge >= 0.3 is 11.7 Å². The quantitative estimate of drug-likeness (QED) is 0.336. The Morgan fingerprint density at radius 1 is 1.44 bits per heavy atom. The summed E-state index contributed by atoms with van der Waals surface area (Å²) in [6, 6.07) is 4.75. The third-order valence-corrected chi connectivity index (χ3v) is 2.32. The Labute approximate surface area is 105 Å². The second kappa shape index (κ2) is 6.58. The van der Waals surface area contributed by atoms with Crippen molar-refractivity contribution in [3.63, 3.8) is 0 Å². The zero-order valence-electron chi connectivity index (χ0n) is 10.3.